The van der Waals surface area contributed by atoms with E-state index in [0.717, 1.165) is 5.56 Å². The summed E-state index contributed by atoms with van der Waals surface area (Å²) < 4.78 is 33.7. The van der Waals surface area contributed by atoms with Gasteiger partial charge in [0, 0.05) is 5.56 Å². The molecule has 0 fully saturated rings. The van der Waals surface area contributed by atoms with Crippen LogP contribution in [0, 0.1) is 13.8 Å². The zero-order chi connectivity index (χ0) is 14.3. The van der Waals surface area contributed by atoms with Crippen molar-refractivity contribution in [3.63, 3.8) is 0 Å². The molecular weight excluding hydrogens is 252 g/mol. The molecule has 18 heavy (non-hydrogen) atoms. The maximum atomic E-state index is 11.2. The van der Waals surface area contributed by atoms with E-state index < -0.39 is 10.1 Å². The maximum Gasteiger partial charge on any atom is 0.150 e. The van der Waals surface area contributed by atoms with Crippen LogP contribution in [0.4, 0.5) is 0 Å². The Hall–Kier alpha value is -1.20. The van der Waals surface area contributed by atoms with E-state index in [1.165, 1.54) is 6.92 Å². The van der Waals surface area contributed by atoms with Crippen LogP contribution in [0.2, 0.25) is 0 Å². The van der Waals surface area contributed by atoms with Gasteiger partial charge < -0.3 is 4.55 Å². The van der Waals surface area contributed by atoms with E-state index in [9.17, 15) is 17.8 Å². The monoisotopic (exact) mass is 269 g/mol. The molecule has 0 unspecified atom stereocenters. The fourth-order valence-electron chi connectivity index (χ4n) is 2.14. The van der Waals surface area contributed by atoms with Gasteiger partial charge in [0.25, 0.3) is 0 Å². The third-order valence-corrected chi connectivity index (χ3v) is 4.06. The number of aryl methyl sites for hydroxylation is 1. The first-order valence-electron chi connectivity index (χ1n) is 5.56. The summed E-state index contributed by atoms with van der Waals surface area (Å²) in [4.78, 5) is 10.9. The highest BCUT2D eigenvalue weighted by molar-refractivity contribution is 7.85. The highest BCUT2D eigenvalue weighted by Gasteiger charge is 2.23. The van der Waals surface area contributed by atoms with E-state index in [-0.39, 0.29) is 15.9 Å². The minimum atomic E-state index is -4.57. The Kier molecular flexibility index (Phi) is 3.70. The molecule has 0 saturated carbocycles. The molecule has 0 aliphatic rings. The lowest BCUT2D eigenvalue weighted by molar-refractivity contribution is 0.112. The third kappa shape index (κ3) is 2.62. The summed E-state index contributed by atoms with van der Waals surface area (Å²) in [6.07, 6.45) is 0.615. The standard InChI is InChI=1S/C13H18O4S/c1-8-6-11(13(3,4)5)10(7-14)9(2)12(8)18(15,16)17/h6-7H,1-5H3,(H,15,16,17)/p-1. The van der Waals surface area contributed by atoms with Crippen LogP contribution in [0.3, 0.4) is 0 Å². The van der Waals surface area contributed by atoms with Crippen molar-refractivity contribution in [3.05, 3.63) is 28.3 Å². The summed E-state index contributed by atoms with van der Waals surface area (Å²) in [6.45, 7) is 8.86. The Labute approximate surface area is 108 Å². The van der Waals surface area contributed by atoms with Crippen LogP contribution >= 0.6 is 0 Å². The van der Waals surface area contributed by atoms with Crippen LogP contribution in [0.1, 0.15) is 47.8 Å². The summed E-state index contributed by atoms with van der Waals surface area (Å²) in [5.41, 5.74) is 1.38. The predicted octanol–water partition coefficient (Wildman–Crippen LogP) is 2.32. The lowest BCUT2D eigenvalue weighted by Crippen LogP contribution is -2.18. The van der Waals surface area contributed by atoms with Gasteiger partial charge in [-0.15, -0.1) is 0 Å². The number of carbonyl (C=O) groups is 1. The second-order valence-corrected chi connectivity index (χ2v) is 6.75. The smallest absolute Gasteiger partial charge is 0.150 e. The van der Waals surface area contributed by atoms with Gasteiger partial charge in [-0.25, -0.2) is 8.42 Å². The number of rotatable bonds is 2. The first-order chi connectivity index (χ1) is 8.00. The first-order valence-corrected chi connectivity index (χ1v) is 6.96. The van der Waals surface area contributed by atoms with Crippen LogP contribution in [0.5, 0.6) is 0 Å². The molecule has 0 saturated heterocycles. The third-order valence-electron chi connectivity index (χ3n) is 2.93. The molecule has 0 radical (unpaired) electrons. The van der Waals surface area contributed by atoms with Gasteiger partial charge in [0.05, 0.1) is 4.90 Å². The molecule has 4 nitrogen and oxygen atoms in total. The quantitative estimate of drug-likeness (QED) is 0.610. The Bertz CT molecular complexity index is 592. The van der Waals surface area contributed by atoms with E-state index in [1.807, 2.05) is 20.8 Å². The van der Waals surface area contributed by atoms with Gasteiger partial charge in [0.2, 0.25) is 0 Å². The van der Waals surface area contributed by atoms with Crippen molar-refractivity contribution < 1.29 is 17.8 Å². The Balaban J connectivity index is 3.83. The number of hydrogen-bond acceptors (Lipinski definition) is 4. The summed E-state index contributed by atoms with van der Waals surface area (Å²) in [5, 5.41) is 0. The minimum Gasteiger partial charge on any atom is -0.744 e. The number of carbonyl (C=O) groups excluding carboxylic acids is 1. The van der Waals surface area contributed by atoms with Crippen molar-refractivity contribution in [1.29, 1.82) is 0 Å². The predicted molar refractivity (Wildman–Crippen MR) is 68.0 cm³/mol. The molecule has 1 aromatic rings. The number of hydrogen-bond donors (Lipinski definition) is 0. The van der Waals surface area contributed by atoms with Crippen LogP contribution in [-0.2, 0) is 15.5 Å². The van der Waals surface area contributed by atoms with Crippen molar-refractivity contribution in [2.45, 2.75) is 44.9 Å². The number of aldehydes is 1. The van der Waals surface area contributed by atoms with Gasteiger partial charge in [-0.2, -0.15) is 0 Å². The van der Waals surface area contributed by atoms with Gasteiger partial charge in [0.1, 0.15) is 10.1 Å². The summed E-state index contributed by atoms with van der Waals surface area (Å²) >= 11 is 0. The minimum absolute atomic E-state index is 0.241. The molecule has 0 amide bonds. The van der Waals surface area contributed by atoms with Crippen molar-refractivity contribution in [2.24, 2.45) is 0 Å². The molecule has 100 valence electrons. The molecule has 0 N–H and O–H groups in total. The van der Waals surface area contributed by atoms with E-state index >= 15 is 0 Å². The SMILES string of the molecule is Cc1cc(C(C)(C)C)c(C=O)c(C)c1S(=O)(=O)[O-]. The Morgan fingerprint density at radius 3 is 2.06 bits per heavy atom. The highest BCUT2D eigenvalue weighted by Crippen LogP contribution is 2.32. The van der Waals surface area contributed by atoms with Crippen molar-refractivity contribution >= 4 is 16.4 Å². The Morgan fingerprint density at radius 2 is 1.72 bits per heavy atom. The van der Waals surface area contributed by atoms with Gasteiger partial charge in [0.15, 0.2) is 6.29 Å². The zero-order valence-electron chi connectivity index (χ0n) is 11.2. The lowest BCUT2D eigenvalue weighted by atomic mass is 9.81. The molecule has 0 aliphatic carbocycles. The normalized spacial score (nSPS) is 12.6. The average Bonchev–Trinajstić information content (AvgIpc) is 2.13. The molecule has 1 aromatic carbocycles. The summed E-state index contributed by atoms with van der Waals surface area (Å²) in [5.74, 6) is 0. The van der Waals surface area contributed by atoms with E-state index in [2.05, 4.69) is 0 Å². The fraction of sp³-hybridized carbons (Fsp3) is 0.462. The largest absolute Gasteiger partial charge is 0.744 e. The molecule has 0 spiro atoms. The van der Waals surface area contributed by atoms with Crippen molar-refractivity contribution in [3.8, 4) is 0 Å². The van der Waals surface area contributed by atoms with Crippen molar-refractivity contribution in [2.75, 3.05) is 0 Å². The zero-order valence-corrected chi connectivity index (χ0v) is 12.0. The highest BCUT2D eigenvalue weighted by atomic mass is 32.2. The maximum absolute atomic E-state index is 11.2. The average molecular weight is 269 g/mol. The second kappa shape index (κ2) is 4.48. The van der Waals surface area contributed by atoms with E-state index in [0.29, 0.717) is 17.4 Å². The molecule has 0 aliphatic heterocycles. The molecule has 5 heteroatoms. The first kappa shape index (κ1) is 14.9. The van der Waals surface area contributed by atoms with Gasteiger partial charge >= 0.3 is 0 Å². The molecular formula is C13H17O4S-. The summed E-state index contributed by atoms with van der Waals surface area (Å²) in [6, 6.07) is 1.61. The second-order valence-electron chi connectivity index (χ2n) is 5.43. The van der Waals surface area contributed by atoms with Gasteiger partial charge in [-0.05, 0) is 36.0 Å². The van der Waals surface area contributed by atoms with Crippen molar-refractivity contribution in [1.82, 2.24) is 0 Å². The van der Waals surface area contributed by atoms with Crippen LogP contribution in [-0.4, -0.2) is 19.3 Å². The van der Waals surface area contributed by atoms with Crippen LogP contribution in [0.15, 0.2) is 11.0 Å². The topological polar surface area (TPSA) is 74.3 Å². The van der Waals surface area contributed by atoms with E-state index in [4.69, 9.17) is 0 Å². The Morgan fingerprint density at radius 1 is 1.22 bits per heavy atom. The summed E-state index contributed by atoms with van der Waals surface area (Å²) in [7, 11) is -4.57. The van der Waals surface area contributed by atoms with Gasteiger partial charge in [-0.3, -0.25) is 4.79 Å². The molecule has 0 atom stereocenters. The van der Waals surface area contributed by atoms with Gasteiger partial charge in [-0.1, -0.05) is 26.8 Å². The fourth-order valence-corrected chi connectivity index (χ4v) is 3.08. The molecule has 0 bridgehead atoms. The number of benzene rings is 1. The lowest BCUT2D eigenvalue weighted by Gasteiger charge is -2.25. The van der Waals surface area contributed by atoms with E-state index in [1.54, 1.807) is 13.0 Å². The molecule has 0 aromatic heterocycles. The van der Waals surface area contributed by atoms with Crippen LogP contribution < -0.4 is 0 Å². The molecule has 1 rings (SSSR count). The van der Waals surface area contributed by atoms with Crippen LogP contribution in [0.25, 0.3) is 0 Å². The molecule has 0 heterocycles.